The number of hydrogen-bond donors (Lipinski definition) is 1. The molecule has 3 heterocycles. The number of unbranched alkanes of at least 4 members (excludes halogenated alkanes) is 1. The van der Waals surface area contributed by atoms with Crippen molar-refractivity contribution in [2.75, 3.05) is 26.2 Å². The number of carbonyl (C=O) groups excluding carboxylic acids is 3. The highest BCUT2D eigenvalue weighted by Crippen LogP contribution is 2.66. The van der Waals surface area contributed by atoms with Gasteiger partial charge in [-0.1, -0.05) is 76.6 Å². The van der Waals surface area contributed by atoms with Gasteiger partial charge in [-0.25, -0.2) is 0 Å². The zero-order valence-electron chi connectivity index (χ0n) is 26.7. The van der Waals surface area contributed by atoms with Gasteiger partial charge in [0.1, 0.15) is 11.6 Å². The van der Waals surface area contributed by atoms with Crippen molar-refractivity contribution in [2.24, 2.45) is 23.7 Å². The first-order valence-electron chi connectivity index (χ1n) is 16.0. The van der Waals surface area contributed by atoms with Gasteiger partial charge in [-0.3, -0.25) is 14.4 Å². The maximum atomic E-state index is 14.7. The third kappa shape index (κ3) is 5.80. The summed E-state index contributed by atoms with van der Waals surface area (Å²) in [6, 6.07) is 8.29. The largest absolute Gasteiger partial charge is 0.394 e. The van der Waals surface area contributed by atoms with Crippen molar-refractivity contribution < 1.29 is 24.2 Å². The fourth-order valence-corrected chi connectivity index (χ4v) is 7.90. The van der Waals surface area contributed by atoms with Crippen LogP contribution >= 0.6 is 0 Å². The summed E-state index contributed by atoms with van der Waals surface area (Å²) < 4.78 is 6.97. The van der Waals surface area contributed by atoms with Gasteiger partial charge in [-0.05, 0) is 43.6 Å². The highest BCUT2D eigenvalue weighted by molar-refractivity contribution is 5.99. The first kappa shape index (κ1) is 32.9. The second kappa shape index (κ2) is 13.3. The van der Waals surface area contributed by atoms with Crippen LogP contribution in [0.4, 0.5) is 0 Å². The lowest BCUT2D eigenvalue weighted by Crippen LogP contribution is -2.59. The van der Waals surface area contributed by atoms with Gasteiger partial charge < -0.3 is 24.5 Å². The Hall–Kier alpha value is -2.97. The summed E-state index contributed by atoms with van der Waals surface area (Å²) >= 11 is 0. The Morgan fingerprint density at radius 3 is 2.37 bits per heavy atom. The lowest BCUT2D eigenvalue weighted by atomic mass is 9.62. The first-order chi connectivity index (χ1) is 20.5. The molecule has 0 saturated carbocycles. The second-order valence-corrected chi connectivity index (χ2v) is 13.3. The molecular weight excluding hydrogens is 542 g/mol. The normalized spacial score (nSPS) is 29.9. The zero-order valence-corrected chi connectivity index (χ0v) is 26.7. The predicted octanol–water partition coefficient (Wildman–Crippen LogP) is 4.43. The van der Waals surface area contributed by atoms with Crippen LogP contribution in [0.1, 0.15) is 65.9 Å². The molecule has 2 bridgehead atoms. The van der Waals surface area contributed by atoms with Crippen LogP contribution in [0.25, 0.3) is 0 Å². The molecule has 43 heavy (non-hydrogen) atoms. The molecule has 8 heteroatoms. The van der Waals surface area contributed by atoms with E-state index in [1.807, 2.05) is 51.1 Å². The number of likely N-dealkylation sites (tertiary alicyclic amines) is 1. The van der Waals surface area contributed by atoms with Crippen LogP contribution < -0.4 is 0 Å². The van der Waals surface area contributed by atoms with Gasteiger partial charge in [0.2, 0.25) is 17.7 Å². The van der Waals surface area contributed by atoms with Crippen LogP contribution in [0.3, 0.4) is 0 Å². The van der Waals surface area contributed by atoms with E-state index < -0.39 is 35.1 Å². The van der Waals surface area contributed by atoms with Crippen LogP contribution in [0.5, 0.6) is 0 Å². The van der Waals surface area contributed by atoms with Gasteiger partial charge in [0.25, 0.3) is 0 Å². The van der Waals surface area contributed by atoms with Crippen molar-refractivity contribution >= 4 is 17.7 Å². The van der Waals surface area contributed by atoms with Crippen molar-refractivity contribution in [1.29, 1.82) is 0 Å². The number of rotatable bonds is 15. The van der Waals surface area contributed by atoms with Crippen molar-refractivity contribution in [3.05, 3.63) is 61.2 Å². The van der Waals surface area contributed by atoms with Crippen LogP contribution in [0.2, 0.25) is 0 Å². The van der Waals surface area contributed by atoms with E-state index in [0.717, 1.165) is 18.4 Å². The molecule has 1 aromatic rings. The van der Waals surface area contributed by atoms with Crippen molar-refractivity contribution in [1.82, 2.24) is 14.7 Å². The molecule has 3 unspecified atom stereocenters. The summed E-state index contributed by atoms with van der Waals surface area (Å²) in [6.07, 6.45) is 6.17. The highest BCUT2D eigenvalue weighted by atomic mass is 16.5. The Morgan fingerprint density at radius 1 is 1.14 bits per heavy atom. The molecule has 3 amide bonds. The van der Waals surface area contributed by atoms with Crippen molar-refractivity contribution in [3.63, 3.8) is 0 Å². The van der Waals surface area contributed by atoms with Crippen LogP contribution in [-0.2, 0) is 25.7 Å². The summed E-state index contributed by atoms with van der Waals surface area (Å²) in [5.74, 6) is -2.09. The van der Waals surface area contributed by atoms with Crippen molar-refractivity contribution in [3.8, 4) is 0 Å². The molecule has 3 fully saturated rings. The molecule has 3 aliphatic rings. The lowest BCUT2D eigenvalue weighted by molar-refractivity contribution is -0.158. The van der Waals surface area contributed by atoms with Gasteiger partial charge in [-0.2, -0.15) is 0 Å². The fourth-order valence-electron chi connectivity index (χ4n) is 7.90. The SMILES string of the molecule is C=CCN(CCCC)C(=O)C1N([C@@H](CO)CC(C)C)C(=O)[C@@H]2[C@H](C(=O)N(CC=C)Cc3ccccc3)[C@@]3(C)OC12CC3C. The average molecular weight is 594 g/mol. The van der Waals surface area contributed by atoms with E-state index in [1.54, 1.807) is 26.9 Å². The van der Waals surface area contributed by atoms with Crippen LogP contribution in [0.15, 0.2) is 55.6 Å². The Bertz CT molecular complexity index is 1190. The molecule has 236 valence electrons. The number of nitrogens with zero attached hydrogens (tertiary/aromatic N) is 3. The molecule has 3 saturated heterocycles. The molecule has 0 aliphatic carbocycles. The van der Waals surface area contributed by atoms with Crippen LogP contribution in [0, 0.1) is 23.7 Å². The maximum absolute atomic E-state index is 14.7. The minimum absolute atomic E-state index is 0.0655. The maximum Gasteiger partial charge on any atom is 0.248 e. The first-order valence-corrected chi connectivity index (χ1v) is 16.0. The molecular formula is C35H51N3O5. The number of carbonyl (C=O) groups is 3. The summed E-state index contributed by atoms with van der Waals surface area (Å²) in [7, 11) is 0. The van der Waals surface area contributed by atoms with Gasteiger partial charge in [0, 0.05) is 26.2 Å². The molecule has 3 aliphatic heterocycles. The number of fused-ring (bicyclic) bond motifs is 1. The van der Waals surface area contributed by atoms with Gasteiger partial charge in [-0.15, -0.1) is 13.2 Å². The molecule has 4 rings (SSSR count). The minimum Gasteiger partial charge on any atom is -0.394 e. The lowest BCUT2D eigenvalue weighted by Gasteiger charge is -2.40. The third-order valence-corrected chi connectivity index (χ3v) is 9.92. The molecule has 8 nitrogen and oxygen atoms in total. The van der Waals surface area contributed by atoms with E-state index in [0.29, 0.717) is 39.0 Å². The Morgan fingerprint density at radius 2 is 1.79 bits per heavy atom. The van der Waals surface area contributed by atoms with E-state index in [1.165, 1.54) is 0 Å². The molecule has 1 N–H and O–H groups in total. The van der Waals surface area contributed by atoms with Gasteiger partial charge in [0.05, 0.1) is 30.1 Å². The highest BCUT2D eigenvalue weighted by Gasteiger charge is 2.80. The van der Waals surface area contributed by atoms with E-state index in [-0.39, 0.29) is 36.2 Å². The van der Waals surface area contributed by atoms with E-state index in [2.05, 4.69) is 27.0 Å². The number of amides is 3. The molecule has 1 spiro atoms. The fraction of sp³-hybridized carbons (Fsp3) is 0.629. The minimum atomic E-state index is -1.16. The Balaban J connectivity index is 1.82. The number of aliphatic hydroxyl groups excluding tert-OH is 1. The summed E-state index contributed by atoms with van der Waals surface area (Å²) in [4.78, 5) is 49.1. The Labute approximate surface area is 257 Å². The quantitative estimate of drug-likeness (QED) is 0.304. The number of hydrogen-bond acceptors (Lipinski definition) is 5. The van der Waals surface area contributed by atoms with Gasteiger partial charge in [0.15, 0.2) is 0 Å². The standard InChI is InChI=1S/C35H51N3O5/c1-8-11-19-36(17-9-2)33(42)30-35-21-25(6)34(7,43-35)28(29(35)32(41)38(30)27(23-39)20-24(4)5)31(40)37(18-10-3)22-26-15-13-12-14-16-26/h9-10,12-16,24-25,27-30,39H,2-3,8,11,17-23H2,1,4-7H3/t25?,27-,28-,29+,30?,34+,35?/m1/s1. The van der Waals surface area contributed by atoms with Gasteiger partial charge >= 0.3 is 0 Å². The number of ether oxygens (including phenoxy) is 1. The second-order valence-electron chi connectivity index (χ2n) is 13.3. The van der Waals surface area contributed by atoms with Crippen molar-refractivity contribution in [2.45, 2.75) is 90.1 Å². The summed E-state index contributed by atoms with van der Waals surface area (Å²) in [6.45, 7) is 19.3. The summed E-state index contributed by atoms with van der Waals surface area (Å²) in [5, 5.41) is 10.6. The van der Waals surface area contributed by atoms with E-state index >= 15 is 0 Å². The van der Waals surface area contributed by atoms with E-state index in [4.69, 9.17) is 4.74 Å². The van der Waals surface area contributed by atoms with E-state index in [9.17, 15) is 19.5 Å². The third-order valence-electron chi connectivity index (χ3n) is 9.92. The molecule has 1 aromatic carbocycles. The molecule has 7 atom stereocenters. The number of aliphatic hydroxyl groups is 1. The predicted molar refractivity (Wildman–Crippen MR) is 168 cm³/mol. The molecule has 0 aromatic heterocycles. The topological polar surface area (TPSA) is 90.4 Å². The Kier molecular flexibility index (Phi) is 10.2. The average Bonchev–Trinajstić information content (AvgIpc) is 3.49. The van der Waals surface area contributed by atoms with Crippen LogP contribution in [-0.4, -0.2) is 87.1 Å². The summed E-state index contributed by atoms with van der Waals surface area (Å²) in [5.41, 5.74) is -1.10. The molecule has 0 radical (unpaired) electrons. The number of benzene rings is 1. The smallest absolute Gasteiger partial charge is 0.248 e. The zero-order chi connectivity index (χ0) is 31.5. The monoisotopic (exact) mass is 593 g/mol.